The first-order chi connectivity index (χ1) is 11.3. The van der Waals surface area contributed by atoms with Gasteiger partial charge >= 0.3 is 5.97 Å². The van der Waals surface area contributed by atoms with E-state index in [1.54, 1.807) is 0 Å². The minimum Gasteiger partial charge on any atom is -0.507 e. The molecule has 0 aromatic heterocycles. The molecule has 4 rings (SSSR count). The van der Waals surface area contributed by atoms with Crippen LogP contribution in [0, 0.1) is 5.92 Å². The molecule has 4 heteroatoms. The summed E-state index contributed by atoms with van der Waals surface area (Å²) >= 11 is 0. The van der Waals surface area contributed by atoms with Crippen LogP contribution in [0.4, 0.5) is 0 Å². The van der Waals surface area contributed by atoms with Gasteiger partial charge < -0.3 is 9.84 Å². The van der Waals surface area contributed by atoms with Gasteiger partial charge in [-0.15, -0.1) is 0 Å². The maximum absolute atomic E-state index is 12.8. The zero-order valence-corrected chi connectivity index (χ0v) is 14.3. The van der Waals surface area contributed by atoms with Crippen molar-refractivity contribution < 1.29 is 19.4 Å². The number of ether oxygens (including phenoxy) is 1. The van der Waals surface area contributed by atoms with Crippen molar-refractivity contribution in [3.05, 3.63) is 40.0 Å². The fourth-order valence-corrected chi connectivity index (χ4v) is 4.76. The smallest absolute Gasteiger partial charge is 0.334 e. The molecule has 0 bridgehead atoms. The summed E-state index contributed by atoms with van der Waals surface area (Å²) in [5.74, 6) is 0.0572. The average Bonchev–Trinajstić information content (AvgIpc) is 2.90. The van der Waals surface area contributed by atoms with Gasteiger partial charge in [0, 0.05) is 23.3 Å². The number of phenolic OH excluding ortho intramolecular Hbond substituents is 1. The summed E-state index contributed by atoms with van der Waals surface area (Å²) in [6.45, 7) is 6.49. The number of rotatable bonds is 1. The second-order valence-corrected chi connectivity index (χ2v) is 7.76. The monoisotopic (exact) mass is 326 g/mol. The number of aromatic hydroxyl groups is 1. The summed E-state index contributed by atoms with van der Waals surface area (Å²) in [6.07, 6.45) is 1.82. The lowest BCUT2D eigenvalue weighted by Crippen LogP contribution is -2.43. The van der Waals surface area contributed by atoms with Gasteiger partial charge in [-0.1, -0.05) is 32.9 Å². The Balaban J connectivity index is 1.90. The molecule has 1 N–H and O–H groups in total. The summed E-state index contributed by atoms with van der Waals surface area (Å²) in [4.78, 5) is 24.7. The molecular weight excluding hydrogens is 304 g/mol. The van der Waals surface area contributed by atoms with Gasteiger partial charge in [-0.2, -0.15) is 0 Å². The minimum atomic E-state index is -0.233. The highest BCUT2D eigenvalue weighted by molar-refractivity contribution is 6.03. The van der Waals surface area contributed by atoms with E-state index < -0.39 is 0 Å². The number of phenols is 1. The lowest BCUT2D eigenvalue weighted by Gasteiger charge is -2.46. The Labute approximate surface area is 141 Å². The molecule has 0 radical (unpaired) electrons. The lowest BCUT2D eigenvalue weighted by atomic mass is 9.56. The van der Waals surface area contributed by atoms with Gasteiger partial charge in [-0.25, -0.2) is 4.79 Å². The van der Waals surface area contributed by atoms with E-state index >= 15 is 0 Å². The third kappa shape index (κ3) is 1.86. The molecule has 1 heterocycles. The van der Waals surface area contributed by atoms with Gasteiger partial charge in [0.25, 0.3) is 0 Å². The van der Waals surface area contributed by atoms with Gasteiger partial charge in [0.1, 0.15) is 12.4 Å². The van der Waals surface area contributed by atoms with Crippen molar-refractivity contribution in [1.29, 1.82) is 0 Å². The fourth-order valence-electron chi connectivity index (χ4n) is 4.76. The summed E-state index contributed by atoms with van der Waals surface area (Å²) < 4.78 is 5.22. The highest BCUT2D eigenvalue weighted by Crippen LogP contribution is 2.55. The zero-order valence-electron chi connectivity index (χ0n) is 14.3. The van der Waals surface area contributed by atoms with Crippen molar-refractivity contribution in [3.63, 3.8) is 0 Å². The molecule has 0 fully saturated rings. The lowest BCUT2D eigenvalue weighted by molar-refractivity contribution is -0.136. The van der Waals surface area contributed by atoms with Crippen LogP contribution in [-0.4, -0.2) is 23.5 Å². The number of carbonyl (C=O) groups excluding carboxylic acids is 2. The number of hydrogen-bond donors (Lipinski definition) is 1. The zero-order chi connectivity index (χ0) is 17.2. The SMILES string of the molecule is CC(C)c1ccc2c(c1O)C(=O)C[C@@H]1C3=C(CC[C@@]21C)C(=O)OC3. The number of cyclic esters (lactones) is 1. The maximum atomic E-state index is 12.8. The van der Waals surface area contributed by atoms with Crippen LogP contribution in [0.3, 0.4) is 0 Å². The van der Waals surface area contributed by atoms with Gasteiger partial charge in [-0.3, -0.25) is 4.79 Å². The molecule has 2 atom stereocenters. The van der Waals surface area contributed by atoms with Crippen molar-refractivity contribution in [1.82, 2.24) is 0 Å². The second-order valence-electron chi connectivity index (χ2n) is 7.76. The largest absolute Gasteiger partial charge is 0.507 e. The van der Waals surface area contributed by atoms with E-state index in [9.17, 15) is 14.7 Å². The van der Waals surface area contributed by atoms with E-state index in [0.717, 1.165) is 28.7 Å². The van der Waals surface area contributed by atoms with Gasteiger partial charge in [0.15, 0.2) is 5.78 Å². The maximum Gasteiger partial charge on any atom is 0.334 e. The topological polar surface area (TPSA) is 63.6 Å². The molecule has 2 aliphatic carbocycles. The molecule has 1 aromatic carbocycles. The Kier molecular flexibility index (Phi) is 3.18. The first kappa shape index (κ1) is 15.4. The highest BCUT2D eigenvalue weighted by Gasteiger charge is 2.51. The molecule has 1 aromatic rings. The van der Waals surface area contributed by atoms with Gasteiger partial charge in [-0.05, 0) is 35.5 Å². The first-order valence-electron chi connectivity index (χ1n) is 8.63. The highest BCUT2D eigenvalue weighted by atomic mass is 16.5. The number of Topliss-reactive ketones (excluding diaryl/α,β-unsaturated/α-hetero) is 1. The Morgan fingerprint density at radius 1 is 1.29 bits per heavy atom. The quantitative estimate of drug-likeness (QED) is 0.801. The molecule has 1 aliphatic heterocycles. The summed E-state index contributed by atoms with van der Waals surface area (Å²) in [5.41, 5.74) is 3.78. The molecule has 4 nitrogen and oxygen atoms in total. The first-order valence-corrected chi connectivity index (χ1v) is 8.63. The Morgan fingerprint density at radius 2 is 2.04 bits per heavy atom. The minimum absolute atomic E-state index is 0.00278. The molecule has 3 aliphatic rings. The van der Waals surface area contributed by atoms with Crippen LogP contribution in [-0.2, 0) is 14.9 Å². The standard InChI is InChI=1S/C20H22O4/c1-10(2)11-4-5-14-17(18(11)22)16(21)8-15-13-9-24-19(23)12(13)6-7-20(14,15)3/h4-5,10,15,22H,6-9H2,1-3H3/t15-,20+/m1/s1. The van der Waals surface area contributed by atoms with E-state index in [2.05, 4.69) is 6.92 Å². The normalized spacial score (nSPS) is 28.6. The third-order valence-electron chi connectivity index (χ3n) is 6.19. The molecule has 0 saturated heterocycles. The van der Waals surface area contributed by atoms with Crippen molar-refractivity contribution in [2.45, 2.75) is 51.4 Å². The predicted octanol–water partition coefficient (Wildman–Crippen LogP) is 3.62. The van der Waals surface area contributed by atoms with Crippen molar-refractivity contribution >= 4 is 11.8 Å². The summed E-state index contributed by atoms with van der Waals surface area (Å²) in [5, 5.41) is 10.7. The number of benzene rings is 1. The van der Waals surface area contributed by atoms with Crippen LogP contribution in [0.15, 0.2) is 23.3 Å². The fraction of sp³-hybridized carbons (Fsp3) is 0.500. The van der Waals surface area contributed by atoms with Crippen molar-refractivity contribution in [3.8, 4) is 5.75 Å². The number of ketones is 1. The van der Waals surface area contributed by atoms with Crippen LogP contribution >= 0.6 is 0 Å². The number of esters is 1. The molecule has 0 saturated carbocycles. The Hall–Kier alpha value is -2.10. The predicted molar refractivity (Wildman–Crippen MR) is 89.2 cm³/mol. The molecule has 0 amide bonds. The Bertz CT molecular complexity index is 802. The van der Waals surface area contributed by atoms with Crippen LogP contribution in [0.1, 0.15) is 67.4 Å². The molecule has 0 spiro atoms. The molecular formula is C20H22O4. The number of hydrogen-bond acceptors (Lipinski definition) is 4. The van der Waals surface area contributed by atoms with E-state index in [4.69, 9.17) is 4.74 Å². The van der Waals surface area contributed by atoms with Crippen molar-refractivity contribution in [2.24, 2.45) is 5.92 Å². The van der Waals surface area contributed by atoms with Crippen LogP contribution in [0.5, 0.6) is 5.75 Å². The number of carbonyl (C=O) groups is 2. The van der Waals surface area contributed by atoms with Crippen LogP contribution in [0.2, 0.25) is 0 Å². The van der Waals surface area contributed by atoms with Crippen molar-refractivity contribution in [2.75, 3.05) is 6.61 Å². The average molecular weight is 326 g/mol. The summed E-state index contributed by atoms with van der Waals surface area (Å²) in [7, 11) is 0. The van der Waals surface area contributed by atoms with E-state index in [1.807, 2.05) is 26.0 Å². The molecule has 126 valence electrons. The molecule has 0 unspecified atom stereocenters. The van der Waals surface area contributed by atoms with Gasteiger partial charge in [0.2, 0.25) is 0 Å². The van der Waals surface area contributed by atoms with Crippen LogP contribution in [0.25, 0.3) is 0 Å². The van der Waals surface area contributed by atoms with E-state index in [-0.39, 0.29) is 34.8 Å². The molecule has 24 heavy (non-hydrogen) atoms. The number of fused-ring (bicyclic) bond motifs is 4. The van der Waals surface area contributed by atoms with Crippen LogP contribution < -0.4 is 0 Å². The third-order valence-corrected chi connectivity index (χ3v) is 6.19. The summed E-state index contributed by atoms with van der Waals surface area (Å²) in [6, 6.07) is 3.96. The van der Waals surface area contributed by atoms with Gasteiger partial charge in [0.05, 0.1) is 5.56 Å². The van der Waals surface area contributed by atoms with E-state index in [1.165, 1.54) is 0 Å². The Morgan fingerprint density at radius 3 is 2.75 bits per heavy atom. The second kappa shape index (κ2) is 4.95. The van der Waals surface area contributed by atoms with E-state index in [0.29, 0.717) is 25.0 Å².